The minimum atomic E-state index is 1.08. The molecule has 0 aliphatic heterocycles. The van der Waals surface area contributed by atoms with E-state index in [2.05, 4.69) is 88.9 Å². The Hall–Kier alpha value is -3.13. The van der Waals surface area contributed by atoms with Gasteiger partial charge in [-0.25, -0.2) is 0 Å². The summed E-state index contributed by atoms with van der Waals surface area (Å²) < 4.78 is 2.21. The Bertz CT molecular complexity index is 923. The number of hydrogen-bond acceptors (Lipinski definition) is 1. The third-order valence-electron chi connectivity index (χ3n) is 3.92. The maximum absolute atomic E-state index is 3.41. The highest BCUT2D eigenvalue weighted by Crippen LogP contribution is 2.17. The summed E-state index contributed by atoms with van der Waals surface area (Å²) in [6.45, 7) is 0. The molecule has 2 heteroatoms. The highest BCUT2D eigenvalue weighted by atomic mass is 15.0. The van der Waals surface area contributed by atoms with Crippen molar-refractivity contribution >= 4 is 22.3 Å². The smallest absolute Gasteiger partial charge is 0.218 e. The van der Waals surface area contributed by atoms with Crippen molar-refractivity contribution in [3.05, 3.63) is 97.2 Å². The van der Waals surface area contributed by atoms with Crippen LogP contribution in [0.4, 0.5) is 11.4 Å². The molecule has 1 aromatic heterocycles. The predicted octanol–water partition coefficient (Wildman–Crippen LogP) is 4.86. The molecule has 0 aliphatic rings. The second kappa shape index (κ2) is 5.93. The lowest BCUT2D eigenvalue weighted by Crippen LogP contribution is -2.30. The predicted molar refractivity (Wildman–Crippen MR) is 95.2 cm³/mol. The Balaban J connectivity index is 1.68. The summed E-state index contributed by atoms with van der Waals surface area (Å²) in [6.07, 6.45) is 2.10. The van der Waals surface area contributed by atoms with Crippen molar-refractivity contribution in [3.63, 3.8) is 0 Å². The number of aromatic nitrogens is 1. The molecule has 3 aromatic carbocycles. The first-order valence-corrected chi connectivity index (χ1v) is 7.72. The van der Waals surface area contributed by atoms with Gasteiger partial charge in [-0.1, -0.05) is 30.3 Å². The molecule has 0 bridgehead atoms. The summed E-state index contributed by atoms with van der Waals surface area (Å²) in [5, 5.41) is 4.65. The van der Waals surface area contributed by atoms with Gasteiger partial charge in [-0.05, 0) is 36.4 Å². The number of benzene rings is 3. The third kappa shape index (κ3) is 2.79. The molecule has 110 valence electrons. The van der Waals surface area contributed by atoms with Crippen LogP contribution in [0.25, 0.3) is 16.6 Å². The number of rotatable bonds is 3. The van der Waals surface area contributed by atoms with E-state index in [-0.39, 0.29) is 0 Å². The summed E-state index contributed by atoms with van der Waals surface area (Å²) >= 11 is 0. The number of anilines is 2. The molecule has 0 atom stereocenters. The van der Waals surface area contributed by atoms with Gasteiger partial charge in [0.15, 0.2) is 6.20 Å². The third-order valence-corrected chi connectivity index (χ3v) is 3.92. The number of nitrogens with one attached hydrogen (secondary N) is 1. The highest BCUT2D eigenvalue weighted by Gasteiger charge is 2.10. The van der Waals surface area contributed by atoms with Crippen LogP contribution >= 0.6 is 0 Å². The normalized spacial score (nSPS) is 10.6. The Morgan fingerprint density at radius 2 is 1.22 bits per heavy atom. The van der Waals surface area contributed by atoms with Crippen molar-refractivity contribution in [2.45, 2.75) is 0 Å². The van der Waals surface area contributed by atoms with Crippen LogP contribution in [0.3, 0.4) is 0 Å². The van der Waals surface area contributed by atoms with E-state index in [0.717, 1.165) is 17.1 Å². The van der Waals surface area contributed by atoms with E-state index >= 15 is 0 Å². The Labute approximate surface area is 135 Å². The van der Waals surface area contributed by atoms with Gasteiger partial charge in [0.2, 0.25) is 11.2 Å². The van der Waals surface area contributed by atoms with Gasteiger partial charge in [-0.2, -0.15) is 4.57 Å². The van der Waals surface area contributed by atoms with E-state index < -0.39 is 0 Å². The van der Waals surface area contributed by atoms with Gasteiger partial charge in [0, 0.05) is 41.0 Å². The van der Waals surface area contributed by atoms with Gasteiger partial charge in [0.05, 0.1) is 0 Å². The minimum Gasteiger partial charge on any atom is -0.356 e. The first-order chi connectivity index (χ1) is 11.4. The SMILES string of the molecule is c1ccc(Nc2ccc(-[n+]3cccc4ccccc43)cc2)cc1. The van der Waals surface area contributed by atoms with Gasteiger partial charge in [0.25, 0.3) is 0 Å². The molecular weight excluding hydrogens is 280 g/mol. The van der Waals surface area contributed by atoms with Crippen molar-refractivity contribution in [1.29, 1.82) is 0 Å². The van der Waals surface area contributed by atoms with E-state index in [1.165, 1.54) is 10.9 Å². The van der Waals surface area contributed by atoms with Crippen molar-refractivity contribution in [2.75, 3.05) is 5.32 Å². The van der Waals surface area contributed by atoms with Crippen molar-refractivity contribution < 1.29 is 4.57 Å². The fraction of sp³-hybridized carbons (Fsp3) is 0. The van der Waals surface area contributed by atoms with Gasteiger partial charge in [-0.3, -0.25) is 0 Å². The lowest BCUT2D eigenvalue weighted by molar-refractivity contribution is -0.567. The maximum atomic E-state index is 3.41. The molecule has 23 heavy (non-hydrogen) atoms. The van der Waals surface area contributed by atoms with E-state index in [1.54, 1.807) is 0 Å². The molecule has 1 N–H and O–H groups in total. The molecule has 0 saturated heterocycles. The summed E-state index contributed by atoms with van der Waals surface area (Å²) in [5.74, 6) is 0. The zero-order valence-electron chi connectivity index (χ0n) is 12.7. The van der Waals surface area contributed by atoms with E-state index in [4.69, 9.17) is 0 Å². The number of nitrogens with zero attached hydrogens (tertiary/aromatic N) is 1. The molecule has 0 aliphatic carbocycles. The monoisotopic (exact) mass is 297 g/mol. The quantitative estimate of drug-likeness (QED) is 0.534. The van der Waals surface area contributed by atoms with Crippen molar-refractivity contribution in [1.82, 2.24) is 0 Å². The van der Waals surface area contributed by atoms with Gasteiger partial charge in [-0.15, -0.1) is 0 Å². The number of pyridine rings is 1. The van der Waals surface area contributed by atoms with Gasteiger partial charge < -0.3 is 5.32 Å². The Morgan fingerprint density at radius 3 is 2.04 bits per heavy atom. The largest absolute Gasteiger partial charge is 0.356 e. The maximum Gasteiger partial charge on any atom is 0.218 e. The average Bonchev–Trinajstić information content (AvgIpc) is 2.63. The standard InChI is InChI=1S/C21H17N2/c1-2-9-18(10-3-1)22-19-12-14-20(15-13-19)23-16-6-8-17-7-4-5-11-21(17)23/h1-16,22H/q+1. The molecule has 0 fully saturated rings. The molecule has 0 saturated carbocycles. The van der Waals surface area contributed by atoms with Crippen LogP contribution in [0, 0.1) is 0 Å². The summed E-state index contributed by atoms with van der Waals surface area (Å²) in [6, 6.07) is 31.3. The minimum absolute atomic E-state index is 1.08. The summed E-state index contributed by atoms with van der Waals surface area (Å²) in [7, 11) is 0. The van der Waals surface area contributed by atoms with Gasteiger partial charge >= 0.3 is 0 Å². The Kier molecular flexibility index (Phi) is 3.49. The molecule has 4 aromatic rings. The van der Waals surface area contributed by atoms with E-state index in [0.29, 0.717) is 0 Å². The summed E-state index contributed by atoms with van der Waals surface area (Å²) in [5.41, 5.74) is 4.54. The van der Waals surface area contributed by atoms with Crippen LogP contribution in [0.2, 0.25) is 0 Å². The number of para-hydroxylation sites is 2. The molecule has 2 nitrogen and oxygen atoms in total. The van der Waals surface area contributed by atoms with Crippen LogP contribution in [-0.2, 0) is 0 Å². The van der Waals surface area contributed by atoms with Crippen LogP contribution in [0.1, 0.15) is 0 Å². The van der Waals surface area contributed by atoms with E-state index in [9.17, 15) is 0 Å². The van der Waals surface area contributed by atoms with Gasteiger partial charge in [0.1, 0.15) is 0 Å². The number of fused-ring (bicyclic) bond motifs is 1. The van der Waals surface area contributed by atoms with Crippen LogP contribution < -0.4 is 9.88 Å². The lowest BCUT2D eigenvalue weighted by atomic mass is 10.2. The molecule has 0 unspecified atom stereocenters. The second-order valence-electron chi connectivity index (χ2n) is 5.47. The van der Waals surface area contributed by atoms with Crippen molar-refractivity contribution in [2.24, 2.45) is 0 Å². The van der Waals surface area contributed by atoms with Crippen LogP contribution in [0.5, 0.6) is 0 Å². The van der Waals surface area contributed by atoms with Crippen molar-refractivity contribution in [3.8, 4) is 5.69 Å². The zero-order chi connectivity index (χ0) is 15.5. The lowest BCUT2D eigenvalue weighted by Gasteiger charge is -2.06. The van der Waals surface area contributed by atoms with E-state index in [1.807, 2.05) is 18.2 Å². The molecular formula is C21H17N2+. The Morgan fingerprint density at radius 1 is 0.565 bits per heavy atom. The highest BCUT2D eigenvalue weighted by molar-refractivity contribution is 5.75. The van der Waals surface area contributed by atoms with Crippen LogP contribution in [-0.4, -0.2) is 0 Å². The topological polar surface area (TPSA) is 15.9 Å². The summed E-state index contributed by atoms with van der Waals surface area (Å²) in [4.78, 5) is 0. The molecule has 0 radical (unpaired) electrons. The van der Waals surface area contributed by atoms with Crippen LogP contribution in [0.15, 0.2) is 97.2 Å². The molecule has 1 heterocycles. The first kappa shape index (κ1) is 13.5. The fourth-order valence-corrected chi connectivity index (χ4v) is 2.78. The second-order valence-corrected chi connectivity index (χ2v) is 5.47. The zero-order valence-corrected chi connectivity index (χ0v) is 12.7. The molecule has 4 rings (SSSR count). The first-order valence-electron chi connectivity index (χ1n) is 7.72. The fourth-order valence-electron chi connectivity index (χ4n) is 2.78. The average molecular weight is 297 g/mol. The molecule has 0 amide bonds. The molecule has 0 spiro atoms. The number of hydrogen-bond donors (Lipinski definition) is 1.